The predicted octanol–water partition coefficient (Wildman–Crippen LogP) is 3.71. The number of aromatic hydroxyl groups is 1. The lowest BCUT2D eigenvalue weighted by atomic mass is 10.0. The lowest BCUT2D eigenvalue weighted by Gasteiger charge is -2.38. The number of carbonyl (C=O) groups is 1. The van der Waals surface area contributed by atoms with Crippen LogP contribution in [0.4, 0.5) is 0 Å². The van der Waals surface area contributed by atoms with Gasteiger partial charge in [-0.1, -0.05) is 39.4 Å². The number of thiazole rings is 1. The maximum atomic E-state index is 12.6. The van der Waals surface area contributed by atoms with E-state index in [0.29, 0.717) is 42.7 Å². The van der Waals surface area contributed by atoms with Crippen LogP contribution in [-0.2, 0) is 0 Å². The Morgan fingerprint density at radius 1 is 1.19 bits per heavy atom. The van der Waals surface area contributed by atoms with Gasteiger partial charge in [-0.15, -0.1) is 5.10 Å². The highest BCUT2D eigenvalue weighted by molar-refractivity contribution is 9.10. The number of fused-ring (bicyclic) bond motifs is 1. The highest BCUT2D eigenvalue weighted by Crippen LogP contribution is 2.40. The maximum Gasteiger partial charge on any atom is 0.289 e. The molecule has 0 bridgehead atoms. The molecule has 1 amide bonds. The molecule has 0 unspecified atom stereocenters. The van der Waals surface area contributed by atoms with Crippen molar-refractivity contribution in [2.24, 2.45) is 0 Å². The summed E-state index contributed by atoms with van der Waals surface area (Å²) in [5.41, 5.74) is 1.06. The molecular formula is C21H20BrN5O3S. The summed E-state index contributed by atoms with van der Waals surface area (Å²) in [5, 5.41) is 15.3. The van der Waals surface area contributed by atoms with E-state index in [9.17, 15) is 9.90 Å². The van der Waals surface area contributed by atoms with Crippen molar-refractivity contribution in [3.8, 4) is 5.88 Å². The van der Waals surface area contributed by atoms with Gasteiger partial charge in [-0.25, -0.2) is 4.98 Å². The summed E-state index contributed by atoms with van der Waals surface area (Å²) >= 11 is 4.94. The molecule has 3 aromatic heterocycles. The zero-order valence-electron chi connectivity index (χ0n) is 16.7. The predicted molar refractivity (Wildman–Crippen MR) is 119 cm³/mol. The lowest BCUT2D eigenvalue weighted by Crippen LogP contribution is -2.49. The monoisotopic (exact) mass is 501 g/mol. The number of aromatic nitrogens is 3. The van der Waals surface area contributed by atoms with E-state index < -0.39 is 0 Å². The van der Waals surface area contributed by atoms with Crippen LogP contribution in [-0.4, -0.2) is 61.6 Å². The fraction of sp³-hybridized carbons (Fsp3) is 0.286. The van der Waals surface area contributed by atoms with Crippen LogP contribution < -0.4 is 0 Å². The van der Waals surface area contributed by atoms with E-state index in [1.54, 1.807) is 24.0 Å². The molecule has 1 fully saturated rings. The number of halogens is 1. The van der Waals surface area contributed by atoms with Gasteiger partial charge in [0.25, 0.3) is 5.91 Å². The van der Waals surface area contributed by atoms with Crippen LogP contribution >= 0.6 is 27.3 Å². The Hall–Kier alpha value is -2.69. The molecule has 160 valence electrons. The number of furan rings is 1. The van der Waals surface area contributed by atoms with Gasteiger partial charge in [0.1, 0.15) is 5.82 Å². The van der Waals surface area contributed by atoms with Crippen LogP contribution in [0.25, 0.3) is 4.96 Å². The zero-order valence-corrected chi connectivity index (χ0v) is 19.1. The quantitative estimate of drug-likeness (QED) is 0.458. The summed E-state index contributed by atoms with van der Waals surface area (Å²) in [5.74, 6) is 0.999. The summed E-state index contributed by atoms with van der Waals surface area (Å²) in [7, 11) is 0. The average molecular weight is 502 g/mol. The third-order valence-electron chi connectivity index (χ3n) is 5.44. The van der Waals surface area contributed by atoms with E-state index in [1.165, 1.54) is 22.1 Å². The smallest absolute Gasteiger partial charge is 0.289 e. The molecule has 1 aliphatic heterocycles. The number of amides is 1. The first kappa shape index (κ1) is 20.2. The molecule has 1 aromatic carbocycles. The van der Waals surface area contributed by atoms with Crippen molar-refractivity contribution in [3.05, 3.63) is 69.2 Å². The van der Waals surface area contributed by atoms with Crippen LogP contribution in [0.1, 0.15) is 32.9 Å². The fourth-order valence-corrected chi connectivity index (χ4v) is 5.37. The number of hydrogen-bond donors (Lipinski definition) is 1. The van der Waals surface area contributed by atoms with E-state index in [4.69, 9.17) is 4.42 Å². The topological polar surface area (TPSA) is 87.1 Å². The highest BCUT2D eigenvalue weighted by Gasteiger charge is 2.33. The minimum absolute atomic E-state index is 0.0954. The molecular weight excluding hydrogens is 482 g/mol. The third kappa shape index (κ3) is 3.75. The van der Waals surface area contributed by atoms with E-state index in [2.05, 4.69) is 43.0 Å². The Labute approximate surface area is 190 Å². The third-order valence-corrected chi connectivity index (χ3v) is 7.04. The highest BCUT2D eigenvalue weighted by atomic mass is 79.9. The van der Waals surface area contributed by atoms with Crippen molar-refractivity contribution >= 4 is 38.1 Å². The van der Waals surface area contributed by atoms with Crippen molar-refractivity contribution in [1.82, 2.24) is 24.4 Å². The molecule has 0 saturated carbocycles. The number of aryl methyl sites for hydroxylation is 1. The normalized spacial score (nSPS) is 16.1. The molecule has 1 aliphatic rings. The van der Waals surface area contributed by atoms with E-state index in [0.717, 1.165) is 14.9 Å². The zero-order chi connectivity index (χ0) is 21.5. The average Bonchev–Trinajstić information content (AvgIpc) is 3.49. The van der Waals surface area contributed by atoms with Gasteiger partial charge in [-0.2, -0.15) is 4.52 Å². The Balaban J connectivity index is 1.45. The van der Waals surface area contributed by atoms with Gasteiger partial charge in [0, 0.05) is 30.7 Å². The summed E-state index contributed by atoms with van der Waals surface area (Å²) in [6.45, 7) is 4.29. The van der Waals surface area contributed by atoms with Crippen molar-refractivity contribution in [3.63, 3.8) is 0 Å². The lowest BCUT2D eigenvalue weighted by molar-refractivity contribution is 0.0568. The van der Waals surface area contributed by atoms with Crippen molar-refractivity contribution in [1.29, 1.82) is 0 Å². The maximum absolute atomic E-state index is 12.6. The Morgan fingerprint density at radius 2 is 1.94 bits per heavy atom. The van der Waals surface area contributed by atoms with Crippen LogP contribution in [0.2, 0.25) is 0 Å². The molecule has 0 aliphatic carbocycles. The number of carbonyl (C=O) groups excluding carboxylic acids is 1. The van der Waals surface area contributed by atoms with Gasteiger partial charge in [0.15, 0.2) is 5.76 Å². The molecule has 31 heavy (non-hydrogen) atoms. The first-order chi connectivity index (χ1) is 15.0. The molecule has 5 rings (SSSR count). The Kier molecular flexibility index (Phi) is 5.28. The Morgan fingerprint density at radius 3 is 2.58 bits per heavy atom. The number of piperazine rings is 1. The van der Waals surface area contributed by atoms with Crippen molar-refractivity contribution in [2.75, 3.05) is 26.2 Å². The summed E-state index contributed by atoms with van der Waals surface area (Å²) in [4.78, 5) is 22.6. The van der Waals surface area contributed by atoms with E-state index in [1.807, 2.05) is 12.1 Å². The van der Waals surface area contributed by atoms with E-state index in [-0.39, 0.29) is 17.8 Å². The Bertz CT molecular complexity index is 1210. The molecule has 1 N–H and O–H groups in total. The molecule has 4 heterocycles. The molecule has 1 atom stereocenters. The number of rotatable bonds is 4. The van der Waals surface area contributed by atoms with Crippen LogP contribution in [0.5, 0.6) is 5.88 Å². The van der Waals surface area contributed by atoms with Gasteiger partial charge < -0.3 is 14.4 Å². The van der Waals surface area contributed by atoms with Gasteiger partial charge in [-0.3, -0.25) is 9.69 Å². The van der Waals surface area contributed by atoms with Crippen LogP contribution in [0.15, 0.2) is 51.6 Å². The second-order valence-corrected chi connectivity index (χ2v) is 9.33. The molecule has 1 saturated heterocycles. The first-order valence-corrected chi connectivity index (χ1v) is 11.5. The second-order valence-electron chi connectivity index (χ2n) is 7.40. The number of hydrogen-bond acceptors (Lipinski definition) is 7. The molecule has 4 aromatic rings. The van der Waals surface area contributed by atoms with Gasteiger partial charge in [-0.05, 0) is 36.8 Å². The first-order valence-electron chi connectivity index (χ1n) is 9.88. The second kappa shape index (κ2) is 8.10. The molecule has 0 radical (unpaired) electrons. The summed E-state index contributed by atoms with van der Waals surface area (Å²) in [6.07, 6.45) is 1.51. The van der Waals surface area contributed by atoms with Crippen LogP contribution in [0.3, 0.4) is 0 Å². The summed E-state index contributed by atoms with van der Waals surface area (Å²) < 4.78 is 7.76. The van der Waals surface area contributed by atoms with Crippen LogP contribution in [0, 0.1) is 6.92 Å². The minimum Gasteiger partial charge on any atom is -0.492 e. The van der Waals surface area contributed by atoms with Crippen molar-refractivity contribution in [2.45, 2.75) is 13.0 Å². The molecule has 8 nitrogen and oxygen atoms in total. The number of nitrogens with zero attached hydrogens (tertiary/aromatic N) is 5. The van der Waals surface area contributed by atoms with Gasteiger partial charge in [0.05, 0.1) is 17.2 Å². The standard InChI is InChI=1S/C21H20BrN5O3S/c1-13-23-21-27(24-13)20(29)18(31-21)17(14-4-6-15(22)7-5-14)25-8-10-26(11-9-25)19(28)16-3-2-12-30-16/h2-7,12,17,29H,8-11H2,1H3/t17-/m0/s1. The molecule has 0 spiro atoms. The van der Waals surface area contributed by atoms with Gasteiger partial charge in [0.2, 0.25) is 10.8 Å². The van der Waals surface area contributed by atoms with E-state index >= 15 is 0 Å². The van der Waals surface area contributed by atoms with Crippen molar-refractivity contribution < 1.29 is 14.3 Å². The largest absolute Gasteiger partial charge is 0.492 e. The number of benzene rings is 1. The summed E-state index contributed by atoms with van der Waals surface area (Å²) in [6, 6.07) is 11.3. The SMILES string of the molecule is Cc1nc2sc([C@H](c3ccc(Br)cc3)N3CCN(C(=O)c4ccco4)CC3)c(O)n2n1. The minimum atomic E-state index is -0.164. The van der Waals surface area contributed by atoms with Gasteiger partial charge >= 0.3 is 0 Å². The fourth-order valence-electron chi connectivity index (χ4n) is 3.94. The molecule has 10 heteroatoms.